The summed E-state index contributed by atoms with van der Waals surface area (Å²) < 4.78 is 25.2. The molecule has 0 unspecified atom stereocenters. The molecular weight excluding hydrogens is 167 g/mol. The zero-order valence-electron chi connectivity index (χ0n) is 7.36. The van der Waals surface area contributed by atoms with Crippen molar-refractivity contribution in [2.24, 2.45) is 5.92 Å². The molecule has 0 aliphatic carbocycles. The molecule has 68 valence electrons. The van der Waals surface area contributed by atoms with Crippen molar-refractivity contribution in [1.29, 1.82) is 0 Å². The van der Waals surface area contributed by atoms with Crippen LogP contribution in [0.2, 0.25) is 0 Å². The molecule has 0 saturated heterocycles. The molecule has 0 bridgehead atoms. The molecule has 0 aliphatic rings. The smallest absolute Gasteiger partial charge is 0.290 e. The minimum atomic E-state index is -3.24. The minimum absolute atomic E-state index is 0.314. The van der Waals surface area contributed by atoms with E-state index in [-0.39, 0.29) is 0 Å². The second-order valence-corrected chi connectivity index (χ2v) is 4.38. The number of hydrogen-bond donors (Lipinski definition) is 0. The van der Waals surface area contributed by atoms with Crippen molar-refractivity contribution in [3.63, 3.8) is 0 Å². The number of hydrogen-bond acceptors (Lipinski definition) is 4. The zero-order chi connectivity index (χ0) is 8.91. The lowest BCUT2D eigenvalue weighted by Crippen LogP contribution is -2.02. The SMILES string of the molecule is COP(=O)(OC)OCC(C)C. The molecule has 0 aromatic heterocycles. The number of phosphoric acid groups is 1. The molecule has 0 aromatic rings. The van der Waals surface area contributed by atoms with Crippen LogP contribution in [0.3, 0.4) is 0 Å². The third-order valence-electron chi connectivity index (χ3n) is 1.01. The van der Waals surface area contributed by atoms with Gasteiger partial charge in [0.15, 0.2) is 0 Å². The van der Waals surface area contributed by atoms with Gasteiger partial charge in [-0.15, -0.1) is 0 Å². The van der Waals surface area contributed by atoms with Gasteiger partial charge in [-0.2, -0.15) is 0 Å². The van der Waals surface area contributed by atoms with Crippen molar-refractivity contribution in [2.75, 3.05) is 20.8 Å². The van der Waals surface area contributed by atoms with Crippen molar-refractivity contribution < 1.29 is 18.1 Å². The molecule has 0 atom stereocenters. The molecular formula is C6H15O4P. The Morgan fingerprint density at radius 1 is 1.27 bits per heavy atom. The molecule has 5 heteroatoms. The van der Waals surface area contributed by atoms with Crippen molar-refractivity contribution in [3.8, 4) is 0 Å². The Kier molecular flexibility index (Phi) is 4.93. The van der Waals surface area contributed by atoms with E-state index in [4.69, 9.17) is 4.52 Å². The van der Waals surface area contributed by atoms with Gasteiger partial charge in [-0.1, -0.05) is 13.8 Å². The lowest BCUT2D eigenvalue weighted by molar-refractivity contribution is 0.139. The Morgan fingerprint density at radius 3 is 2.00 bits per heavy atom. The van der Waals surface area contributed by atoms with Crippen LogP contribution in [0.5, 0.6) is 0 Å². The molecule has 0 fully saturated rings. The number of phosphoric ester groups is 1. The van der Waals surface area contributed by atoms with Crippen LogP contribution in [-0.4, -0.2) is 20.8 Å². The maximum Gasteiger partial charge on any atom is 0.474 e. The molecule has 0 amide bonds. The van der Waals surface area contributed by atoms with E-state index in [1.54, 1.807) is 0 Å². The molecule has 0 heterocycles. The fraction of sp³-hybridized carbons (Fsp3) is 1.00. The lowest BCUT2D eigenvalue weighted by Gasteiger charge is -2.14. The summed E-state index contributed by atoms with van der Waals surface area (Å²) in [5.41, 5.74) is 0. The lowest BCUT2D eigenvalue weighted by atomic mass is 10.2. The quantitative estimate of drug-likeness (QED) is 0.610. The van der Waals surface area contributed by atoms with E-state index in [0.717, 1.165) is 0 Å². The average molecular weight is 182 g/mol. The Balaban J connectivity index is 3.79. The molecule has 11 heavy (non-hydrogen) atoms. The topological polar surface area (TPSA) is 44.8 Å². The molecule has 0 radical (unpaired) electrons. The van der Waals surface area contributed by atoms with Crippen molar-refractivity contribution in [1.82, 2.24) is 0 Å². The van der Waals surface area contributed by atoms with Crippen LogP contribution in [0.15, 0.2) is 0 Å². The van der Waals surface area contributed by atoms with E-state index >= 15 is 0 Å². The van der Waals surface area contributed by atoms with Gasteiger partial charge in [-0.05, 0) is 5.92 Å². The molecule has 0 saturated carbocycles. The highest BCUT2D eigenvalue weighted by Crippen LogP contribution is 2.47. The van der Waals surface area contributed by atoms with E-state index in [1.165, 1.54) is 14.2 Å². The highest BCUT2D eigenvalue weighted by atomic mass is 31.2. The summed E-state index contributed by atoms with van der Waals surface area (Å²) in [6, 6.07) is 0. The third kappa shape index (κ3) is 4.53. The van der Waals surface area contributed by atoms with Gasteiger partial charge in [-0.3, -0.25) is 13.6 Å². The van der Waals surface area contributed by atoms with Crippen LogP contribution in [-0.2, 0) is 18.1 Å². The zero-order valence-corrected chi connectivity index (χ0v) is 8.26. The van der Waals surface area contributed by atoms with Crippen molar-refractivity contribution in [2.45, 2.75) is 13.8 Å². The van der Waals surface area contributed by atoms with Crippen LogP contribution < -0.4 is 0 Å². The summed E-state index contributed by atoms with van der Waals surface area (Å²) in [5, 5.41) is 0. The van der Waals surface area contributed by atoms with Crippen molar-refractivity contribution in [3.05, 3.63) is 0 Å². The van der Waals surface area contributed by atoms with Crippen LogP contribution >= 0.6 is 7.82 Å². The van der Waals surface area contributed by atoms with Crippen LogP contribution in [0, 0.1) is 5.92 Å². The fourth-order valence-corrected chi connectivity index (χ4v) is 1.26. The first-order chi connectivity index (χ1) is 5.04. The minimum Gasteiger partial charge on any atom is -0.290 e. The summed E-state index contributed by atoms with van der Waals surface area (Å²) in [7, 11) is -0.643. The van der Waals surface area contributed by atoms with E-state index in [1.807, 2.05) is 13.8 Å². The molecule has 0 aliphatic heterocycles. The molecule has 0 N–H and O–H groups in total. The summed E-state index contributed by atoms with van der Waals surface area (Å²) in [4.78, 5) is 0. The molecule has 0 rings (SSSR count). The van der Waals surface area contributed by atoms with Crippen molar-refractivity contribution >= 4 is 7.82 Å². The highest BCUT2D eigenvalue weighted by Gasteiger charge is 2.22. The van der Waals surface area contributed by atoms with Gasteiger partial charge in [0, 0.05) is 14.2 Å². The summed E-state index contributed by atoms with van der Waals surface area (Å²) >= 11 is 0. The predicted molar refractivity (Wildman–Crippen MR) is 42.4 cm³/mol. The van der Waals surface area contributed by atoms with E-state index < -0.39 is 7.82 Å². The third-order valence-corrected chi connectivity index (χ3v) is 2.37. The van der Waals surface area contributed by atoms with Gasteiger partial charge >= 0.3 is 7.82 Å². The monoisotopic (exact) mass is 182 g/mol. The first kappa shape index (κ1) is 11.1. The maximum atomic E-state index is 11.2. The Labute approximate surface area is 67.5 Å². The average Bonchev–Trinajstić information content (AvgIpc) is 2.00. The number of rotatable bonds is 5. The van der Waals surface area contributed by atoms with Gasteiger partial charge in [0.25, 0.3) is 0 Å². The fourth-order valence-electron chi connectivity index (χ4n) is 0.420. The molecule has 0 aromatic carbocycles. The Hall–Kier alpha value is 0.110. The Morgan fingerprint density at radius 2 is 1.73 bits per heavy atom. The largest absolute Gasteiger partial charge is 0.474 e. The van der Waals surface area contributed by atoms with E-state index in [9.17, 15) is 4.57 Å². The van der Waals surface area contributed by atoms with Gasteiger partial charge in [-0.25, -0.2) is 4.57 Å². The van der Waals surface area contributed by atoms with Crippen LogP contribution in [0.1, 0.15) is 13.8 Å². The maximum absolute atomic E-state index is 11.2. The van der Waals surface area contributed by atoms with Crippen LogP contribution in [0.25, 0.3) is 0 Å². The summed E-state index contributed by atoms with van der Waals surface area (Å²) in [6.07, 6.45) is 0. The summed E-state index contributed by atoms with van der Waals surface area (Å²) in [5.74, 6) is 0.314. The second-order valence-electron chi connectivity index (χ2n) is 2.50. The van der Waals surface area contributed by atoms with Gasteiger partial charge in [0.05, 0.1) is 6.61 Å². The first-order valence-electron chi connectivity index (χ1n) is 3.40. The summed E-state index contributed by atoms with van der Waals surface area (Å²) in [6.45, 7) is 4.28. The normalized spacial score (nSPS) is 12.5. The van der Waals surface area contributed by atoms with E-state index in [0.29, 0.717) is 12.5 Å². The highest BCUT2D eigenvalue weighted by molar-refractivity contribution is 7.48. The molecule has 4 nitrogen and oxygen atoms in total. The predicted octanol–water partition coefficient (Wildman–Crippen LogP) is 2.06. The molecule has 0 spiro atoms. The van der Waals surface area contributed by atoms with Gasteiger partial charge in [0.1, 0.15) is 0 Å². The second kappa shape index (κ2) is 4.88. The van der Waals surface area contributed by atoms with Gasteiger partial charge < -0.3 is 0 Å². The Bertz CT molecular complexity index is 138. The van der Waals surface area contributed by atoms with Gasteiger partial charge in [0.2, 0.25) is 0 Å². The van der Waals surface area contributed by atoms with Crippen LogP contribution in [0.4, 0.5) is 0 Å². The first-order valence-corrected chi connectivity index (χ1v) is 4.86. The standard InChI is InChI=1S/C6H15O4P/c1-6(2)5-10-11(7,8-3)9-4/h6H,5H2,1-4H3. The van der Waals surface area contributed by atoms with E-state index in [2.05, 4.69) is 9.05 Å².